The summed E-state index contributed by atoms with van der Waals surface area (Å²) < 4.78 is 23.4. The van der Waals surface area contributed by atoms with E-state index in [0.29, 0.717) is 18.6 Å². The topological polar surface area (TPSA) is 53.7 Å². The number of methoxy groups -OCH3 is 2. The fourth-order valence-corrected chi connectivity index (χ4v) is 1.32. The summed E-state index contributed by atoms with van der Waals surface area (Å²) in [7, 11) is 2.81. The van der Waals surface area contributed by atoms with Crippen molar-refractivity contribution in [2.75, 3.05) is 20.8 Å². The molecular formula is C10H14FNO3. The molecule has 15 heavy (non-hydrogen) atoms. The van der Waals surface area contributed by atoms with Gasteiger partial charge in [0.1, 0.15) is 0 Å². The number of rotatable bonds is 5. The first-order valence-corrected chi connectivity index (χ1v) is 4.45. The number of halogens is 1. The van der Waals surface area contributed by atoms with E-state index in [2.05, 4.69) is 4.84 Å². The van der Waals surface area contributed by atoms with Gasteiger partial charge in [0.05, 0.1) is 20.8 Å². The van der Waals surface area contributed by atoms with Crippen molar-refractivity contribution in [3.05, 3.63) is 23.5 Å². The number of hydrogen-bond donors (Lipinski definition) is 1. The van der Waals surface area contributed by atoms with Crippen molar-refractivity contribution in [3.8, 4) is 11.5 Å². The summed E-state index contributed by atoms with van der Waals surface area (Å²) in [5, 5.41) is 0. The van der Waals surface area contributed by atoms with Crippen LogP contribution < -0.4 is 15.4 Å². The molecule has 2 N–H and O–H groups in total. The van der Waals surface area contributed by atoms with Gasteiger partial charge in [-0.25, -0.2) is 5.90 Å². The number of ether oxygens (including phenoxy) is 2. The Hall–Kier alpha value is -1.33. The quantitative estimate of drug-likeness (QED) is 0.752. The van der Waals surface area contributed by atoms with E-state index in [1.807, 2.05) is 0 Å². The molecule has 0 atom stereocenters. The van der Waals surface area contributed by atoms with Gasteiger partial charge in [-0.2, -0.15) is 4.39 Å². The van der Waals surface area contributed by atoms with Crippen LogP contribution in [0.5, 0.6) is 11.5 Å². The van der Waals surface area contributed by atoms with Gasteiger partial charge in [-0.05, 0) is 11.6 Å². The minimum Gasteiger partial charge on any atom is -0.494 e. The first-order chi connectivity index (χ1) is 7.24. The van der Waals surface area contributed by atoms with Gasteiger partial charge in [-0.15, -0.1) is 0 Å². The molecule has 5 heteroatoms. The van der Waals surface area contributed by atoms with Crippen molar-refractivity contribution in [1.82, 2.24) is 0 Å². The summed E-state index contributed by atoms with van der Waals surface area (Å²) in [6.45, 7) is 0.308. The Morgan fingerprint density at radius 3 is 2.53 bits per heavy atom. The van der Waals surface area contributed by atoms with Crippen LogP contribution in [0.25, 0.3) is 0 Å². The summed E-state index contributed by atoms with van der Waals surface area (Å²) in [5.41, 5.74) is 0.696. The third-order valence-corrected chi connectivity index (χ3v) is 2.06. The zero-order valence-electron chi connectivity index (χ0n) is 8.75. The largest absolute Gasteiger partial charge is 0.494 e. The molecule has 0 saturated carbocycles. The fraction of sp³-hybridized carbons (Fsp3) is 0.400. The molecule has 1 aromatic carbocycles. The molecule has 0 fully saturated rings. The highest BCUT2D eigenvalue weighted by atomic mass is 19.1. The van der Waals surface area contributed by atoms with Crippen LogP contribution in [0.2, 0.25) is 0 Å². The van der Waals surface area contributed by atoms with Crippen molar-refractivity contribution in [2.24, 2.45) is 5.90 Å². The molecule has 0 spiro atoms. The second-order valence-electron chi connectivity index (χ2n) is 2.89. The lowest BCUT2D eigenvalue weighted by Gasteiger charge is -2.11. The number of nitrogens with two attached hydrogens (primary N) is 1. The summed E-state index contributed by atoms with van der Waals surface area (Å²) in [6.07, 6.45) is 0.487. The van der Waals surface area contributed by atoms with Crippen molar-refractivity contribution in [1.29, 1.82) is 0 Å². The van der Waals surface area contributed by atoms with Crippen LogP contribution in [0.1, 0.15) is 5.56 Å². The predicted molar refractivity (Wildman–Crippen MR) is 53.3 cm³/mol. The van der Waals surface area contributed by atoms with Gasteiger partial charge in [0, 0.05) is 6.42 Å². The zero-order chi connectivity index (χ0) is 11.3. The normalized spacial score (nSPS) is 10.1. The van der Waals surface area contributed by atoms with E-state index < -0.39 is 5.82 Å². The second-order valence-corrected chi connectivity index (χ2v) is 2.89. The number of benzene rings is 1. The number of hydrogen-bond acceptors (Lipinski definition) is 4. The molecule has 0 bridgehead atoms. The standard InChI is InChI=1S/C10H14FNO3/c1-13-8-4-3-7(5-6-15-12)10(14-2)9(8)11/h3-4H,5-6,12H2,1-2H3. The molecule has 0 aliphatic rings. The zero-order valence-corrected chi connectivity index (χ0v) is 8.75. The van der Waals surface area contributed by atoms with Gasteiger partial charge in [-0.1, -0.05) is 6.07 Å². The molecule has 0 aromatic heterocycles. The summed E-state index contributed by atoms with van der Waals surface area (Å²) >= 11 is 0. The Kier molecular flexibility index (Phi) is 4.33. The van der Waals surface area contributed by atoms with Gasteiger partial charge < -0.3 is 14.3 Å². The first kappa shape index (κ1) is 11.7. The predicted octanol–water partition coefficient (Wildman–Crippen LogP) is 1.28. The monoisotopic (exact) mass is 215 g/mol. The van der Waals surface area contributed by atoms with E-state index >= 15 is 0 Å². The van der Waals surface area contributed by atoms with Gasteiger partial charge in [0.25, 0.3) is 0 Å². The average molecular weight is 215 g/mol. The van der Waals surface area contributed by atoms with Crippen LogP contribution in [0.15, 0.2) is 12.1 Å². The highest BCUT2D eigenvalue weighted by Crippen LogP contribution is 2.30. The fourth-order valence-electron chi connectivity index (χ4n) is 1.32. The molecule has 0 amide bonds. The molecule has 1 rings (SSSR count). The Labute approximate surface area is 87.7 Å². The smallest absolute Gasteiger partial charge is 0.207 e. The van der Waals surface area contributed by atoms with E-state index in [0.717, 1.165) is 0 Å². The summed E-state index contributed by atoms with van der Waals surface area (Å²) in [6, 6.07) is 3.27. The molecule has 0 saturated heterocycles. The maximum atomic E-state index is 13.6. The lowest BCUT2D eigenvalue weighted by atomic mass is 10.1. The minimum atomic E-state index is -0.505. The molecule has 0 radical (unpaired) electrons. The van der Waals surface area contributed by atoms with Crippen LogP contribution in [-0.4, -0.2) is 20.8 Å². The van der Waals surface area contributed by atoms with E-state index in [9.17, 15) is 4.39 Å². The van der Waals surface area contributed by atoms with E-state index in [-0.39, 0.29) is 11.5 Å². The minimum absolute atomic E-state index is 0.157. The molecule has 4 nitrogen and oxygen atoms in total. The van der Waals surface area contributed by atoms with E-state index in [1.165, 1.54) is 14.2 Å². The molecule has 0 unspecified atom stereocenters. The molecule has 0 heterocycles. The van der Waals surface area contributed by atoms with Gasteiger partial charge >= 0.3 is 0 Å². The molecule has 84 valence electrons. The maximum Gasteiger partial charge on any atom is 0.207 e. The Bertz CT molecular complexity index is 331. The van der Waals surface area contributed by atoms with Crippen molar-refractivity contribution in [2.45, 2.75) is 6.42 Å². The van der Waals surface area contributed by atoms with E-state index in [1.54, 1.807) is 12.1 Å². The van der Waals surface area contributed by atoms with Crippen LogP contribution in [0.4, 0.5) is 4.39 Å². The second kappa shape index (κ2) is 5.53. The molecular weight excluding hydrogens is 201 g/mol. The van der Waals surface area contributed by atoms with Crippen molar-refractivity contribution >= 4 is 0 Å². The third kappa shape index (κ3) is 2.57. The maximum absolute atomic E-state index is 13.6. The van der Waals surface area contributed by atoms with Crippen LogP contribution in [0, 0.1) is 5.82 Å². The average Bonchev–Trinajstić information content (AvgIpc) is 2.26. The van der Waals surface area contributed by atoms with Crippen LogP contribution in [0.3, 0.4) is 0 Å². The molecule has 0 aliphatic carbocycles. The first-order valence-electron chi connectivity index (χ1n) is 4.45. The summed E-state index contributed by atoms with van der Waals surface area (Å²) in [4.78, 5) is 4.43. The highest BCUT2D eigenvalue weighted by Gasteiger charge is 2.14. The molecule has 1 aromatic rings. The Balaban J connectivity index is 3.01. The van der Waals surface area contributed by atoms with Crippen molar-refractivity contribution < 1.29 is 18.7 Å². The van der Waals surface area contributed by atoms with Gasteiger partial charge in [0.2, 0.25) is 5.82 Å². The van der Waals surface area contributed by atoms with Crippen LogP contribution in [-0.2, 0) is 11.3 Å². The Morgan fingerprint density at radius 2 is 2.00 bits per heavy atom. The lowest BCUT2D eigenvalue weighted by molar-refractivity contribution is 0.140. The third-order valence-electron chi connectivity index (χ3n) is 2.06. The van der Waals surface area contributed by atoms with Gasteiger partial charge in [-0.3, -0.25) is 0 Å². The van der Waals surface area contributed by atoms with Crippen molar-refractivity contribution in [3.63, 3.8) is 0 Å². The van der Waals surface area contributed by atoms with E-state index in [4.69, 9.17) is 15.4 Å². The SMILES string of the molecule is COc1ccc(CCON)c(OC)c1F. The highest BCUT2D eigenvalue weighted by molar-refractivity contribution is 5.42. The Morgan fingerprint density at radius 1 is 1.27 bits per heavy atom. The summed E-state index contributed by atoms with van der Waals surface area (Å²) in [5.74, 6) is 4.73. The molecule has 0 aliphatic heterocycles. The lowest BCUT2D eigenvalue weighted by Crippen LogP contribution is -2.06. The van der Waals surface area contributed by atoms with Crippen LogP contribution >= 0.6 is 0 Å². The van der Waals surface area contributed by atoms with Gasteiger partial charge in [0.15, 0.2) is 11.5 Å².